The Balaban J connectivity index is 1.46. The predicted molar refractivity (Wildman–Crippen MR) is 106 cm³/mol. The van der Waals surface area contributed by atoms with E-state index in [0.717, 1.165) is 6.42 Å². The van der Waals surface area contributed by atoms with E-state index in [1.54, 1.807) is 33.3 Å². The second kappa shape index (κ2) is 6.17. The van der Waals surface area contributed by atoms with E-state index in [1.165, 1.54) is 10.4 Å². The first-order chi connectivity index (χ1) is 13.5. The molecule has 0 aliphatic carbocycles. The summed E-state index contributed by atoms with van der Waals surface area (Å²) in [6.45, 7) is 3.15. The van der Waals surface area contributed by atoms with Crippen LogP contribution in [0.15, 0.2) is 35.7 Å². The van der Waals surface area contributed by atoms with E-state index in [9.17, 15) is 14.4 Å². The van der Waals surface area contributed by atoms with Crippen molar-refractivity contribution in [2.75, 3.05) is 18.0 Å². The molecule has 1 saturated heterocycles. The number of hydrogen-bond acceptors (Lipinski definition) is 4. The van der Waals surface area contributed by atoms with E-state index in [-0.39, 0.29) is 24.3 Å². The number of rotatable bonds is 2. The largest absolute Gasteiger partial charge is 0.336 e. The van der Waals surface area contributed by atoms with E-state index >= 15 is 0 Å². The van der Waals surface area contributed by atoms with Gasteiger partial charge in [-0.25, -0.2) is 0 Å². The lowest BCUT2D eigenvalue weighted by molar-refractivity contribution is -0.134. The summed E-state index contributed by atoms with van der Waals surface area (Å²) >= 11 is 1.73. The minimum Gasteiger partial charge on any atom is -0.336 e. The molecule has 5 rings (SSSR count). The Labute approximate surface area is 167 Å². The molecule has 3 amide bonds. The minimum atomic E-state index is -0.790. The molecule has 6 nitrogen and oxygen atoms in total. The topological polar surface area (TPSA) is 60.9 Å². The van der Waals surface area contributed by atoms with Crippen LogP contribution in [0.1, 0.15) is 40.6 Å². The molecule has 2 aromatic rings. The van der Waals surface area contributed by atoms with Gasteiger partial charge in [-0.2, -0.15) is 0 Å². The molecule has 144 valence electrons. The van der Waals surface area contributed by atoms with Crippen LogP contribution in [0.2, 0.25) is 0 Å². The number of thiophene rings is 1. The van der Waals surface area contributed by atoms with Gasteiger partial charge in [-0.3, -0.25) is 19.3 Å². The fourth-order valence-electron chi connectivity index (χ4n) is 4.64. The summed E-state index contributed by atoms with van der Waals surface area (Å²) < 4.78 is 0. The number of carbonyl (C=O) groups excluding carboxylic acids is 3. The zero-order chi connectivity index (χ0) is 19.5. The maximum atomic E-state index is 13.3. The van der Waals surface area contributed by atoms with Gasteiger partial charge in [-0.1, -0.05) is 12.1 Å². The van der Waals surface area contributed by atoms with Gasteiger partial charge in [0.05, 0.1) is 11.3 Å². The van der Waals surface area contributed by atoms with Gasteiger partial charge < -0.3 is 9.80 Å². The molecule has 0 radical (unpaired) electrons. The number of carbonyl (C=O) groups is 3. The highest BCUT2D eigenvalue weighted by Crippen LogP contribution is 2.44. The third-order valence-electron chi connectivity index (χ3n) is 6.20. The standard InChI is InChI=1S/C21H21N3O3S/c1-21-9-6-18(25)24(21)16-5-3-2-4-15(16)20(27)23(21)13-19(26)22-10-7-17-14(12-22)8-11-28-17/h2-5,8,11H,6-7,9-10,12-13H2,1H3. The van der Waals surface area contributed by atoms with E-state index in [4.69, 9.17) is 0 Å². The fourth-order valence-corrected chi connectivity index (χ4v) is 5.53. The van der Waals surface area contributed by atoms with E-state index in [0.29, 0.717) is 37.2 Å². The summed E-state index contributed by atoms with van der Waals surface area (Å²) in [5.74, 6) is -0.239. The highest BCUT2D eigenvalue weighted by Gasteiger charge is 2.53. The first-order valence-electron chi connectivity index (χ1n) is 9.56. The smallest absolute Gasteiger partial charge is 0.258 e. The van der Waals surface area contributed by atoms with Gasteiger partial charge in [0, 0.05) is 24.4 Å². The highest BCUT2D eigenvalue weighted by molar-refractivity contribution is 7.10. The molecule has 1 fully saturated rings. The van der Waals surface area contributed by atoms with Gasteiger partial charge in [0.1, 0.15) is 12.2 Å². The lowest BCUT2D eigenvalue weighted by Gasteiger charge is -2.48. The Bertz CT molecular complexity index is 1000. The molecule has 1 aromatic carbocycles. The SMILES string of the molecule is CC12CCC(=O)N1c1ccccc1C(=O)N2CC(=O)N1CCc2sccc2C1. The molecule has 0 N–H and O–H groups in total. The number of hydrogen-bond donors (Lipinski definition) is 0. The lowest BCUT2D eigenvalue weighted by Crippen LogP contribution is -2.64. The number of benzene rings is 1. The first-order valence-corrected chi connectivity index (χ1v) is 10.4. The average Bonchev–Trinajstić information content (AvgIpc) is 3.29. The van der Waals surface area contributed by atoms with Crippen molar-refractivity contribution in [3.8, 4) is 0 Å². The quantitative estimate of drug-likeness (QED) is 0.785. The highest BCUT2D eigenvalue weighted by atomic mass is 32.1. The molecule has 0 spiro atoms. The van der Waals surface area contributed by atoms with Gasteiger partial charge in [0.2, 0.25) is 11.8 Å². The summed E-state index contributed by atoms with van der Waals surface area (Å²) in [5.41, 5.74) is 1.55. The van der Waals surface area contributed by atoms with Crippen molar-refractivity contribution in [2.24, 2.45) is 0 Å². The van der Waals surface area contributed by atoms with Crippen LogP contribution in [0, 0.1) is 0 Å². The van der Waals surface area contributed by atoms with Crippen molar-refractivity contribution in [1.82, 2.24) is 9.80 Å². The van der Waals surface area contributed by atoms with E-state index < -0.39 is 5.66 Å². The molecular formula is C21H21N3O3S. The minimum absolute atomic E-state index is 0.000728. The number of fused-ring (bicyclic) bond motifs is 4. The molecular weight excluding hydrogens is 374 g/mol. The van der Waals surface area contributed by atoms with Crippen LogP contribution in [0.4, 0.5) is 5.69 Å². The molecule has 1 atom stereocenters. The Morgan fingerprint density at radius 2 is 2.00 bits per heavy atom. The van der Waals surface area contributed by atoms with Crippen molar-refractivity contribution in [3.63, 3.8) is 0 Å². The van der Waals surface area contributed by atoms with Crippen LogP contribution in [-0.4, -0.2) is 46.3 Å². The van der Waals surface area contributed by atoms with Crippen molar-refractivity contribution >= 4 is 34.7 Å². The Morgan fingerprint density at radius 3 is 2.86 bits per heavy atom. The number of nitrogens with zero attached hydrogens (tertiary/aromatic N) is 3. The van der Waals surface area contributed by atoms with Gasteiger partial charge in [-0.05, 0) is 48.9 Å². The monoisotopic (exact) mass is 395 g/mol. The Hall–Kier alpha value is -2.67. The molecule has 1 aromatic heterocycles. The molecule has 1 unspecified atom stereocenters. The zero-order valence-electron chi connectivity index (χ0n) is 15.7. The summed E-state index contributed by atoms with van der Waals surface area (Å²) in [6.07, 6.45) is 1.77. The average molecular weight is 395 g/mol. The third-order valence-corrected chi connectivity index (χ3v) is 7.22. The van der Waals surface area contributed by atoms with Crippen molar-refractivity contribution < 1.29 is 14.4 Å². The number of amides is 3. The van der Waals surface area contributed by atoms with Crippen molar-refractivity contribution in [1.29, 1.82) is 0 Å². The molecule has 28 heavy (non-hydrogen) atoms. The van der Waals surface area contributed by atoms with Crippen LogP contribution >= 0.6 is 11.3 Å². The molecule has 4 heterocycles. The number of para-hydroxylation sites is 1. The van der Waals surface area contributed by atoms with Crippen LogP contribution in [0.25, 0.3) is 0 Å². The summed E-state index contributed by atoms with van der Waals surface area (Å²) in [4.78, 5) is 45.5. The van der Waals surface area contributed by atoms with Crippen LogP contribution in [0.3, 0.4) is 0 Å². The molecule has 0 bridgehead atoms. The molecule has 7 heteroatoms. The third kappa shape index (κ3) is 2.42. The molecule has 3 aliphatic rings. The Kier molecular flexibility index (Phi) is 3.84. The van der Waals surface area contributed by atoms with E-state index in [1.807, 2.05) is 24.0 Å². The molecule has 3 aliphatic heterocycles. The maximum Gasteiger partial charge on any atom is 0.258 e. The summed E-state index contributed by atoms with van der Waals surface area (Å²) in [7, 11) is 0. The van der Waals surface area contributed by atoms with Crippen molar-refractivity contribution in [3.05, 3.63) is 51.7 Å². The Morgan fingerprint density at radius 1 is 1.18 bits per heavy atom. The zero-order valence-corrected chi connectivity index (χ0v) is 16.5. The normalized spacial score (nSPS) is 23.5. The van der Waals surface area contributed by atoms with Gasteiger partial charge in [0.25, 0.3) is 5.91 Å². The lowest BCUT2D eigenvalue weighted by atomic mass is 9.98. The van der Waals surface area contributed by atoms with Gasteiger partial charge >= 0.3 is 0 Å². The summed E-state index contributed by atoms with van der Waals surface area (Å²) in [5, 5.41) is 2.06. The van der Waals surface area contributed by atoms with Gasteiger partial charge in [-0.15, -0.1) is 11.3 Å². The van der Waals surface area contributed by atoms with E-state index in [2.05, 4.69) is 11.4 Å². The summed E-state index contributed by atoms with van der Waals surface area (Å²) in [6, 6.07) is 9.25. The van der Waals surface area contributed by atoms with Gasteiger partial charge in [0.15, 0.2) is 0 Å². The number of anilines is 1. The first kappa shape index (κ1) is 17.4. The predicted octanol–water partition coefficient (Wildman–Crippen LogP) is 2.63. The van der Waals surface area contributed by atoms with Crippen LogP contribution in [0.5, 0.6) is 0 Å². The fraction of sp³-hybridized carbons (Fsp3) is 0.381. The second-order valence-corrected chi connectivity index (χ2v) is 8.79. The molecule has 0 saturated carbocycles. The second-order valence-electron chi connectivity index (χ2n) is 7.79. The van der Waals surface area contributed by atoms with Crippen LogP contribution < -0.4 is 4.90 Å². The van der Waals surface area contributed by atoms with Crippen LogP contribution in [-0.2, 0) is 22.6 Å². The maximum absolute atomic E-state index is 13.3. The van der Waals surface area contributed by atoms with Crippen molar-refractivity contribution in [2.45, 2.75) is 38.4 Å².